The maximum absolute atomic E-state index is 11.2. The summed E-state index contributed by atoms with van der Waals surface area (Å²) in [6, 6.07) is 0. The molecule has 5 heteroatoms. The minimum absolute atomic E-state index is 0.103. The Morgan fingerprint density at radius 3 is 2.73 bits per heavy atom. The van der Waals surface area contributed by atoms with Gasteiger partial charge in [0.2, 0.25) is 0 Å². The summed E-state index contributed by atoms with van der Waals surface area (Å²) < 4.78 is 0. The molecule has 144 valence electrons. The van der Waals surface area contributed by atoms with Crippen molar-refractivity contribution in [1.82, 2.24) is 0 Å². The van der Waals surface area contributed by atoms with E-state index in [1.54, 1.807) is 0 Å². The van der Waals surface area contributed by atoms with Crippen molar-refractivity contribution in [3.8, 4) is 11.3 Å². The Morgan fingerprint density at radius 1 is 1.27 bits per heavy atom. The number of allylic oxidation sites excluding steroid dienone is 1. The minimum atomic E-state index is -1.34. The molecule has 0 aliphatic heterocycles. The highest BCUT2D eigenvalue weighted by molar-refractivity contribution is 6.30. The molecule has 4 rings (SSSR count). The van der Waals surface area contributed by atoms with Gasteiger partial charge in [-0.1, -0.05) is 24.5 Å². The van der Waals surface area contributed by atoms with Crippen LogP contribution in [-0.4, -0.2) is 44.8 Å². The van der Waals surface area contributed by atoms with Crippen LogP contribution in [0, 0.1) is 39.9 Å². The number of hydrogen-bond donors (Lipinski definition) is 4. The first kappa shape index (κ1) is 18.8. The van der Waals surface area contributed by atoms with Gasteiger partial charge in [0.25, 0.3) is 0 Å². The number of fused-ring (bicyclic) bond motifs is 5. The fourth-order valence-electron chi connectivity index (χ4n) is 7.15. The van der Waals surface area contributed by atoms with E-state index >= 15 is 0 Å². The molecule has 0 aromatic rings. The van der Waals surface area contributed by atoms with Gasteiger partial charge in [-0.15, -0.1) is 0 Å². The second-order valence-corrected chi connectivity index (χ2v) is 9.47. The Bertz CT molecular complexity index is 681. The largest absolute Gasteiger partial charge is 0.396 e. The van der Waals surface area contributed by atoms with Crippen molar-refractivity contribution in [3.05, 3.63) is 11.6 Å². The molecule has 0 radical (unpaired) electrons. The first-order valence-corrected chi connectivity index (χ1v) is 10.2. The summed E-state index contributed by atoms with van der Waals surface area (Å²) in [5.41, 5.74) is -0.983. The normalized spacial score (nSPS) is 52.8. The average Bonchev–Trinajstić information content (AvgIpc) is 2.88. The lowest BCUT2D eigenvalue weighted by Gasteiger charge is -2.60. The molecular weight excluding hydrogens is 352 g/mol. The van der Waals surface area contributed by atoms with E-state index in [1.165, 1.54) is 5.57 Å². The molecule has 0 saturated heterocycles. The summed E-state index contributed by atoms with van der Waals surface area (Å²) in [5.74, 6) is 3.18. The van der Waals surface area contributed by atoms with Crippen molar-refractivity contribution in [2.45, 2.75) is 69.7 Å². The van der Waals surface area contributed by atoms with Crippen LogP contribution in [0.2, 0.25) is 0 Å². The molecular formula is C21H29ClO4. The Morgan fingerprint density at radius 2 is 2.04 bits per heavy atom. The smallest absolute Gasteiger partial charge is 0.134 e. The van der Waals surface area contributed by atoms with E-state index in [0.717, 1.165) is 25.7 Å². The number of hydrogen-bond acceptors (Lipinski definition) is 4. The Labute approximate surface area is 160 Å². The van der Waals surface area contributed by atoms with Crippen LogP contribution >= 0.6 is 11.6 Å². The monoisotopic (exact) mass is 380 g/mol. The Balaban J connectivity index is 1.76. The van der Waals surface area contributed by atoms with Gasteiger partial charge >= 0.3 is 0 Å². The first-order valence-electron chi connectivity index (χ1n) is 9.83. The van der Waals surface area contributed by atoms with Gasteiger partial charge in [0, 0.05) is 10.8 Å². The molecule has 0 bridgehead atoms. The second-order valence-electron chi connectivity index (χ2n) is 9.28. The van der Waals surface area contributed by atoms with Crippen LogP contribution in [0.4, 0.5) is 0 Å². The topological polar surface area (TPSA) is 80.9 Å². The van der Waals surface area contributed by atoms with Crippen molar-refractivity contribution < 1.29 is 20.4 Å². The van der Waals surface area contributed by atoms with Crippen molar-refractivity contribution >= 4 is 11.6 Å². The van der Waals surface area contributed by atoms with Gasteiger partial charge in [0.1, 0.15) is 5.60 Å². The highest BCUT2D eigenvalue weighted by Gasteiger charge is 2.67. The molecule has 0 amide bonds. The third-order valence-electron chi connectivity index (χ3n) is 8.41. The zero-order chi connectivity index (χ0) is 18.7. The van der Waals surface area contributed by atoms with Gasteiger partial charge in [0.05, 0.1) is 18.8 Å². The third kappa shape index (κ3) is 2.31. The van der Waals surface area contributed by atoms with Crippen molar-refractivity contribution in [2.75, 3.05) is 6.61 Å². The van der Waals surface area contributed by atoms with Crippen LogP contribution in [-0.2, 0) is 0 Å². The van der Waals surface area contributed by atoms with E-state index in [2.05, 4.69) is 24.3 Å². The molecule has 4 nitrogen and oxygen atoms in total. The molecule has 0 aromatic carbocycles. The molecule has 0 heterocycles. The van der Waals surface area contributed by atoms with E-state index in [9.17, 15) is 20.4 Å². The van der Waals surface area contributed by atoms with Gasteiger partial charge in [-0.25, -0.2) is 0 Å². The molecule has 4 aliphatic rings. The second kappa shape index (κ2) is 6.22. The summed E-state index contributed by atoms with van der Waals surface area (Å²) in [6.45, 7) is 2.04. The van der Waals surface area contributed by atoms with E-state index in [1.807, 2.05) is 0 Å². The van der Waals surface area contributed by atoms with E-state index in [0.29, 0.717) is 19.3 Å². The van der Waals surface area contributed by atoms with Crippen LogP contribution < -0.4 is 0 Å². The quantitative estimate of drug-likeness (QED) is 0.415. The number of aliphatic hydroxyl groups excluding tert-OH is 3. The van der Waals surface area contributed by atoms with Gasteiger partial charge in [-0.3, -0.25) is 0 Å². The SMILES string of the molecule is C[C@]12CC[C@H](O)CC1=CC[C@@H]1[C@@H]2[C@@H](O)C[C@@]2(CO)[C@H]1CC[C@@]2(O)C#CCl. The highest BCUT2D eigenvalue weighted by atomic mass is 35.5. The number of halogens is 1. The lowest BCUT2D eigenvalue weighted by molar-refractivity contribution is -0.174. The maximum Gasteiger partial charge on any atom is 0.134 e. The zero-order valence-electron chi connectivity index (χ0n) is 15.3. The standard InChI is InChI=1S/C21H29ClO4/c1-19-6-4-14(24)10-13(19)2-3-15-16-5-7-21(26,8-9-22)20(16,12-23)11-17(25)18(15)19/h2,14-18,23-26H,3-7,10-12H2,1H3/t14-,15-,16-,17-,18+,19-,20+,21+/m0/s1. The predicted octanol–water partition coefficient (Wildman–Crippen LogP) is 2.18. The van der Waals surface area contributed by atoms with Crippen molar-refractivity contribution in [1.29, 1.82) is 0 Å². The lowest BCUT2D eigenvalue weighted by atomic mass is 9.46. The maximum atomic E-state index is 11.2. The van der Waals surface area contributed by atoms with E-state index in [-0.39, 0.29) is 35.9 Å². The van der Waals surface area contributed by atoms with E-state index in [4.69, 9.17) is 11.6 Å². The zero-order valence-corrected chi connectivity index (χ0v) is 16.0. The molecule has 0 spiro atoms. The van der Waals surface area contributed by atoms with Crippen LogP contribution in [0.25, 0.3) is 0 Å². The van der Waals surface area contributed by atoms with Gasteiger partial charge in [-0.05, 0) is 79.7 Å². The number of aliphatic hydroxyl groups is 4. The Hall–Kier alpha value is -0.570. The predicted molar refractivity (Wildman–Crippen MR) is 99.1 cm³/mol. The van der Waals surface area contributed by atoms with E-state index < -0.39 is 17.1 Å². The molecule has 0 aromatic heterocycles. The van der Waals surface area contributed by atoms with Gasteiger partial charge in [-0.2, -0.15) is 0 Å². The fourth-order valence-corrected chi connectivity index (χ4v) is 7.31. The molecule has 4 N–H and O–H groups in total. The summed E-state index contributed by atoms with van der Waals surface area (Å²) in [4.78, 5) is 0. The summed E-state index contributed by atoms with van der Waals surface area (Å²) >= 11 is 5.62. The molecule has 8 atom stereocenters. The Kier molecular flexibility index (Phi) is 4.49. The first-order chi connectivity index (χ1) is 12.3. The summed E-state index contributed by atoms with van der Waals surface area (Å²) in [6.07, 6.45) is 6.17. The highest BCUT2D eigenvalue weighted by Crippen LogP contribution is 2.67. The fraction of sp³-hybridized carbons (Fsp3) is 0.810. The van der Waals surface area contributed by atoms with Crippen LogP contribution in [0.5, 0.6) is 0 Å². The molecule has 3 saturated carbocycles. The molecule has 3 fully saturated rings. The van der Waals surface area contributed by atoms with Crippen LogP contribution in [0.15, 0.2) is 11.6 Å². The molecule has 26 heavy (non-hydrogen) atoms. The average molecular weight is 381 g/mol. The molecule has 4 aliphatic carbocycles. The summed E-state index contributed by atoms with van der Waals surface area (Å²) in [5, 5.41) is 45.2. The van der Waals surface area contributed by atoms with Crippen LogP contribution in [0.1, 0.15) is 51.9 Å². The van der Waals surface area contributed by atoms with Crippen LogP contribution in [0.3, 0.4) is 0 Å². The summed E-state index contributed by atoms with van der Waals surface area (Å²) in [7, 11) is 0. The van der Waals surface area contributed by atoms with Crippen molar-refractivity contribution in [3.63, 3.8) is 0 Å². The van der Waals surface area contributed by atoms with Gasteiger partial charge < -0.3 is 20.4 Å². The van der Waals surface area contributed by atoms with Gasteiger partial charge in [0.15, 0.2) is 0 Å². The molecule has 0 unspecified atom stereocenters. The number of rotatable bonds is 1. The lowest BCUT2D eigenvalue weighted by Crippen LogP contribution is -2.61. The third-order valence-corrected chi connectivity index (χ3v) is 8.51. The minimum Gasteiger partial charge on any atom is -0.396 e. The van der Waals surface area contributed by atoms with Crippen molar-refractivity contribution in [2.24, 2.45) is 28.6 Å².